The molecule has 2 aromatic rings. The maximum Gasteiger partial charge on any atom is 0.253 e. The molecule has 0 radical (unpaired) electrons. The van der Waals surface area contributed by atoms with Crippen molar-refractivity contribution in [1.29, 1.82) is 0 Å². The Kier molecular flexibility index (Phi) is 4.32. The van der Waals surface area contributed by atoms with Crippen molar-refractivity contribution in [2.24, 2.45) is 0 Å². The molecule has 0 unspecified atom stereocenters. The Labute approximate surface area is 134 Å². The van der Waals surface area contributed by atoms with Gasteiger partial charge >= 0.3 is 0 Å². The van der Waals surface area contributed by atoms with Gasteiger partial charge < -0.3 is 10.2 Å². The molecule has 0 aliphatic carbocycles. The molecule has 6 heteroatoms. The van der Waals surface area contributed by atoms with Crippen molar-refractivity contribution in [2.45, 2.75) is 26.4 Å². The second-order valence-corrected chi connectivity index (χ2v) is 5.52. The molecule has 0 atom stereocenters. The number of hydrogen-bond acceptors (Lipinski definition) is 4. The van der Waals surface area contributed by atoms with Gasteiger partial charge in [0.1, 0.15) is 0 Å². The van der Waals surface area contributed by atoms with E-state index in [4.69, 9.17) is 0 Å². The summed E-state index contributed by atoms with van der Waals surface area (Å²) in [5.41, 5.74) is 3.32. The summed E-state index contributed by atoms with van der Waals surface area (Å²) >= 11 is 0. The fourth-order valence-electron chi connectivity index (χ4n) is 2.73. The normalized spacial score (nSPS) is 13.3. The van der Waals surface area contributed by atoms with Crippen LogP contribution in [-0.4, -0.2) is 33.2 Å². The van der Waals surface area contributed by atoms with Gasteiger partial charge in [-0.2, -0.15) is 0 Å². The number of pyridine rings is 2. The molecule has 1 N–H and O–H groups in total. The maximum atomic E-state index is 12.4. The number of nitrogens with zero attached hydrogens (tertiary/aromatic N) is 3. The van der Waals surface area contributed by atoms with Gasteiger partial charge in [-0.05, 0) is 29.7 Å². The van der Waals surface area contributed by atoms with E-state index in [0.29, 0.717) is 31.6 Å². The van der Waals surface area contributed by atoms with E-state index >= 15 is 0 Å². The van der Waals surface area contributed by atoms with Gasteiger partial charge in [0, 0.05) is 38.6 Å². The first-order valence-electron chi connectivity index (χ1n) is 7.54. The molecule has 0 saturated carbocycles. The highest BCUT2D eigenvalue weighted by atomic mass is 16.2. The number of nitrogens with one attached hydrogen (secondary N) is 1. The van der Waals surface area contributed by atoms with Gasteiger partial charge in [-0.1, -0.05) is 6.07 Å². The third kappa shape index (κ3) is 3.36. The number of hydrogen-bond donors (Lipinski definition) is 1. The molecule has 23 heavy (non-hydrogen) atoms. The molecule has 1 aliphatic rings. The number of fused-ring (bicyclic) bond motifs is 1. The predicted octanol–water partition coefficient (Wildman–Crippen LogP) is 1.31. The van der Waals surface area contributed by atoms with Crippen molar-refractivity contribution in [3.63, 3.8) is 0 Å². The van der Waals surface area contributed by atoms with Crippen molar-refractivity contribution in [3.8, 4) is 0 Å². The Morgan fingerprint density at radius 2 is 2.17 bits per heavy atom. The minimum Gasteiger partial charge on any atom is -0.346 e. The van der Waals surface area contributed by atoms with Crippen LogP contribution < -0.4 is 5.32 Å². The quantitative estimate of drug-likeness (QED) is 0.927. The molecule has 0 fully saturated rings. The molecule has 2 aromatic heterocycles. The zero-order valence-electron chi connectivity index (χ0n) is 13.0. The lowest BCUT2D eigenvalue weighted by Crippen LogP contribution is -2.36. The van der Waals surface area contributed by atoms with Crippen LogP contribution in [-0.2, 0) is 24.3 Å². The third-order valence-electron chi connectivity index (χ3n) is 3.99. The smallest absolute Gasteiger partial charge is 0.253 e. The summed E-state index contributed by atoms with van der Waals surface area (Å²) in [6, 6.07) is 5.59. The molecule has 0 bridgehead atoms. The summed E-state index contributed by atoms with van der Waals surface area (Å²) in [5.74, 6) is -0.114. The fourth-order valence-corrected chi connectivity index (χ4v) is 2.73. The Hall–Kier alpha value is -2.76. The topological polar surface area (TPSA) is 75.2 Å². The number of carbonyl (C=O) groups is 2. The molecular weight excluding hydrogens is 292 g/mol. The number of aromatic nitrogens is 2. The van der Waals surface area contributed by atoms with Gasteiger partial charge in [-0.25, -0.2) is 0 Å². The summed E-state index contributed by atoms with van der Waals surface area (Å²) < 4.78 is 0. The molecular formula is C17H18N4O2. The van der Waals surface area contributed by atoms with E-state index in [9.17, 15) is 9.59 Å². The van der Waals surface area contributed by atoms with Crippen LogP contribution in [0.3, 0.4) is 0 Å². The second kappa shape index (κ2) is 6.56. The SMILES string of the molecule is CC(=O)N1CCc2c(cncc2C(=O)NCc2ccccn2)C1. The van der Waals surface area contributed by atoms with E-state index in [0.717, 1.165) is 16.8 Å². The Bertz CT molecular complexity index is 731. The van der Waals surface area contributed by atoms with Crippen molar-refractivity contribution >= 4 is 11.8 Å². The van der Waals surface area contributed by atoms with E-state index in [2.05, 4.69) is 15.3 Å². The molecule has 6 nitrogen and oxygen atoms in total. The highest BCUT2D eigenvalue weighted by Gasteiger charge is 2.23. The lowest BCUT2D eigenvalue weighted by atomic mass is 9.96. The largest absolute Gasteiger partial charge is 0.346 e. The van der Waals surface area contributed by atoms with Gasteiger partial charge in [0.25, 0.3) is 5.91 Å². The minimum absolute atomic E-state index is 0.0423. The van der Waals surface area contributed by atoms with E-state index < -0.39 is 0 Å². The van der Waals surface area contributed by atoms with Gasteiger partial charge in [0.15, 0.2) is 0 Å². The van der Waals surface area contributed by atoms with Crippen LogP contribution in [0.1, 0.15) is 34.1 Å². The van der Waals surface area contributed by atoms with E-state index in [1.54, 1.807) is 30.4 Å². The van der Waals surface area contributed by atoms with Crippen LogP contribution in [0.4, 0.5) is 0 Å². The van der Waals surface area contributed by atoms with Crippen LogP contribution in [0.5, 0.6) is 0 Å². The molecule has 1 aliphatic heterocycles. The summed E-state index contributed by atoms with van der Waals surface area (Å²) in [4.78, 5) is 34.1. The zero-order valence-corrected chi connectivity index (χ0v) is 13.0. The van der Waals surface area contributed by atoms with Crippen LogP contribution in [0.25, 0.3) is 0 Å². The van der Waals surface area contributed by atoms with Crippen molar-refractivity contribution in [3.05, 3.63) is 59.2 Å². The summed E-state index contributed by atoms with van der Waals surface area (Å²) in [7, 11) is 0. The average molecular weight is 310 g/mol. The molecule has 118 valence electrons. The average Bonchev–Trinajstić information content (AvgIpc) is 2.59. The predicted molar refractivity (Wildman–Crippen MR) is 84.4 cm³/mol. The van der Waals surface area contributed by atoms with Gasteiger partial charge in [-0.15, -0.1) is 0 Å². The van der Waals surface area contributed by atoms with Gasteiger partial charge in [0.2, 0.25) is 5.91 Å². The van der Waals surface area contributed by atoms with E-state index in [-0.39, 0.29) is 11.8 Å². The summed E-state index contributed by atoms with van der Waals surface area (Å²) in [5, 5.41) is 2.88. The Morgan fingerprint density at radius 3 is 2.91 bits per heavy atom. The van der Waals surface area contributed by atoms with Crippen LogP contribution >= 0.6 is 0 Å². The fraction of sp³-hybridized carbons (Fsp3) is 0.294. The second-order valence-electron chi connectivity index (χ2n) is 5.52. The molecule has 0 saturated heterocycles. The molecule has 0 aromatic carbocycles. The monoisotopic (exact) mass is 310 g/mol. The highest BCUT2D eigenvalue weighted by molar-refractivity contribution is 5.95. The number of carbonyl (C=O) groups excluding carboxylic acids is 2. The number of rotatable bonds is 3. The first kappa shape index (κ1) is 15.1. The lowest BCUT2D eigenvalue weighted by molar-refractivity contribution is -0.129. The van der Waals surface area contributed by atoms with Gasteiger partial charge in [-0.3, -0.25) is 19.6 Å². The molecule has 3 rings (SSSR count). The summed E-state index contributed by atoms with van der Waals surface area (Å²) in [6.45, 7) is 3.08. The van der Waals surface area contributed by atoms with Crippen LogP contribution in [0.15, 0.2) is 36.8 Å². The molecule has 2 amide bonds. The van der Waals surface area contributed by atoms with Crippen LogP contribution in [0, 0.1) is 0 Å². The first-order valence-corrected chi connectivity index (χ1v) is 7.54. The van der Waals surface area contributed by atoms with Gasteiger partial charge in [0.05, 0.1) is 17.8 Å². The zero-order chi connectivity index (χ0) is 16.2. The standard InChI is InChI=1S/C17H18N4O2/c1-12(22)21-7-5-15-13(11-21)8-18-10-16(15)17(23)20-9-14-4-2-3-6-19-14/h2-4,6,8,10H,5,7,9,11H2,1H3,(H,20,23). The maximum absolute atomic E-state index is 12.4. The Morgan fingerprint density at radius 1 is 1.30 bits per heavy atom. The van der Waals surface area contributed by atoms with Crippen molar-refractivity contribution < 1.29 is 9.59 Å². The van der Waals surface area contributed by atoms with Crippen molar-refractivity contribution in [1.82, 2.24) is 20.2 Å². The van der Waals surface area contributed by atoms with E-state index in [1.807, 2.05) is 18.2 Å². The third-order valence-corrected chi connectivity index (χ3v) is 3.99. The highest BCUT2D eigenvalue weighted by Crippen LogP contribution is 2.21. The molecule has 0 spiro atoms. The van der Waals surface area contributed by atoms with Crippen molar-refractivity contribution in [2.75, 3.05) is 6.54 Å². The minimum atomic E-state index is -0.156. The lowest BCUT2D eigenvalue weighted by Gasteiger charge is -2.28. The van der Waals surface area contributed by atoms with Crippen LogP contribution in [0.2, 0.25) is 0 Å². The first-order chi connectivity index (χ1) is 11.1. The summed E-state index contributed by atoms with van der Waals surface area (Å²) in [6.07, 6.45) is 5.70. The molecule has 3 heterocycles. The Balaban J connectivity index is 1.75. The van der Waals surface area contributed by atoms with E-state index in [1.165, 1.54) is 0 Å². The number of amides is 2.